The van der Waals surface area contributed by atoms with Crippen molar-refractivity contribution in [3.05, 3.63) is 68.3 Å². The van der Waals surface area contributed by atoms with Crippen molar-refractivity contribution < 1.29 is 23.9 Å². The highest BCUT2D eigenvalue weighted by molar-refractivity contribution is 9.10. The number of hydrogen-bond acceptors (Lipinski definition) is 5. The van der Waals surface area contributed by atoms with Crippen LogP contribution in [-0.4, -0.2) is 36.5 Å². The van der Waals surface area contributed by atoms with Crippen LogP contribution in [0.5, 0.6) is 5.75 Å². The van der Waals surface area contributed by atoms with E-state index < -0.39 is 17.9 Å². The topological polar surface area (TPSA) is 84.9 Å². The van der Waals surface area contributed by atoms with Crippen LogP contribution in [0.15, 0.2) is 46.6 Å². The monoisotopic (exact) mass is 492 g/mol. The number of esters is 1. The second-order valence-electron chi connectivity index (χ2n) is 6.54. The third kappa shape index (κ3) is 5.01. The van der Waals surface area contributed by atoms with Gasteiger partial charge in [-0.3, -0.25) is 9.69 Å². The summed E-state index contributed by atoms with van der Waals surface area (Å²) in [5, 5.41) is 2.81. The molecule has 9 heteroatoms. The zero-order valence-electron chi connectivity index (χ0n) is 16.2. The number of methoxy groups -OCH3 is 1. The van der Waals surface area contributed by atoms with Crippen LogP contribution in [0.4, 0.5) is 4.79 Å². The second kappa shape index (κ2) is 9.32. The first-order valence-electron chi connectivity index (χ1n) is 8.87. The lowest BCUT2D eigenvalue weighted by Crippen LogP contribution is -2.30. The van der Waals surface area contributed by atoms with Crippen LogP contribution >= 0.6 is 27.5 Å². The molecule has 0 spiro atoms. The van der Waals surface area contributed by atoms with E-state index in [1.54, 1.807) is 12.1 Å². The lowest BCUT2D eigenvalue weighted by atomic mass is 10.1. The summed E-state index contributed by atoms with van der Waals surface area (Å²) in [4.78, 5) is 37.4. The summed E-state index contributed by atoms with van der Waals surface area (Å²) >= 11 is 9.58. The Labute approximate surface area is 186 Å². The molecule has 156 valence electrons. The van der Waals surface area contributed by atoms with Crippen molar-refractivity contribution in [1.29, 1.82) is 0 Å². The van der Waals surface area contributed by atoms with Gasteiger partial charge in [-0.15, -0.1) is 0 Å². The minimum atomic E-state index is -0.544. The standard InChI is InChI=1S/C21H18BrClN2O5/c1-12-3-5-13(6-4-12)10-25-20(27)17(24-21(25)28)9-14-7-15(22)19(16(23)8-14)30-11-18(26)29-2/h3-9H,10-11H2,1-2H3,(H,24,28)/b17-9+. The predicted octanol–water partition coefficient (Wildman–Crippen LogP) is 4.06. The molecule has 1 fully saturated rings. The molecule has 0 radical (unpaired) electrons. The lowest BCUT2D eigenvalue weighted by Gasteiger charge is -2.12. The van der Waals surface area contributed by atoms with Gasteiger partial charge in [-0.1, -0.05) is 41.4 Å². The number of urea groups is 1. The number of aryl methyl sites for hydroxylation is 1. The van der Waals surface area contributed by atoms with Gasteiger partial charge in [0.15, 0.2) is 12.4 Å². The summed E-state index contributed by atoms with van der Waals surface area (Å²) in [6.45, 7) is 1.85. The number of benzene rings is 2. The number of halogens is 2. The lowest BCUT2D eigenvalue weighted by molar-refractivity contribution is -0.142. The van der Waals surface area contributed by atoms with Crippen LogP contribution in [-0.2, 0) is 20.9 Å². The summed E-state index contributed by atoms with van der Waals surface area (Å²) < 4.78 is 10.4. The first kappa shape index (κ1) is 21.9. The molecule has 1 aliphatic heterocycles. The van der Waals surface area contributed by atoms with Gasteiger partial charge in [-0.2, -0.15) is 0 Å². The number of nitrogens with zero attached hydrogens (tertiary/aromatic N) is 1. The van der Waals surface area contributed by atoms with Crippen LogP contribution < -0.4 is 10.1 Å². The molecular formula is C21H18BrClN2O5. The molecule has 1 saturated heterocycles. The SMILES string of the molecule is COC(=O)COc1c(Cl)cc(/C=C2/NC(=O)N(Cc3ccc(C)cc3)C2=O)cc1Br. The molecular weight excluding hydrogens is 476 g/mol. The van der Waals surface area contributed by atoms with Crippen molar-refractivity contribution >= 4 is 51.5 Å². The van der Waals surface area contributed by atoms with Crippen molar-refractivity contribution in [1.82, 2.24) is 10.2 Å². The van der Waals surface area contributed by atoms with Crippen LogP contribution in [0, 0.1) is 6.92 Å². The average molecular weight is 494 g/mol. The first-order valence-corrected chi connectivity index (χ1v) is 10.0. The normalized spacial score (nSPS) is 14.8. The fraction of sp³-hybridized carbons (Fsp3) is 0.190. The Morgan fingerprint density at radius 1 is 1.23 bits per heavy atom. The van der Waals surface area contributed by atoms with Crippen LogP contribution in [0.25, 0.3) is 6.08 Å². The number of ether oxygens (including phenoxy) is 2. The van der Waals surface area contributed by atoms with Gasteiger partial charge in [0.2, 0.25) is 0 Å². The van der Waals surface area contributed by atoms with Gasteiger partial charge >= 0.3 is 12.0 Å². The van der Waals surface area contributed by atoms with Gasteiger partial charge in [0.1, 0.15) is 5.70 Å². The minimum absolute atomic E-state index is 0.137. The molecule has 7 nitrogen and oxygen atoms in total. The zero-order valence-corrected chi connectivity index (χ0v) is 18.5. The Hall–Kier alpha value is -2.84. The van der Waals surface area contributed by atoms with E-state index in [-0.39, 0.29) is 29.6 Å². The molecule has 0 aromatic heterocycles. The molecule has 1 aliphatic rings. The van der Waals surface area contributed by atoms with Crippen molar-refractivity contribution in [2.75, 3.05) is 13.7 Å². The molecule has 1 heterocycles. The molecule has 30 heavy (non-hydrogen) atoms. The van der Waals surface area contributed by atoms with Gasteiger partial charge in [0.05, 0.1) is 23.1 Å². The Morgan fingerprint density at radius 3 is 2.57 bits per heavy atom. The maximum absolute atomic E-state index is 12.7. The van der Waals surface area contributed by atoms with Crippen LogP contribution in [0.3, 0.4) is 0 Å². The van der Waals surface area contributed by atoms with E-state index >= 15 is 0 Å². The molecule has 0 atom stereocenters. The fourth-order valence-corrected chi connectivity index (χ4v) is 3.74. The molecule has 0 unspecified atom stereocenters. The number of amides is 3. The van der Waals surface area contributed by atoms with E-state index in [0.717, 1.165) is 16.0 Å². The van der Waals surface area contributed by atoms with Crippen LogP contribution in [0.2, 0.25) is 5.02 Å². The van der Waals surface area contributed by atoms with Crippen molar-refractivity contribution in [2.24, 2.45) is 0 Å². The van der Waals surface area contributed by atoms with E-state index in [1.165, 1.54) is 13.2 Å². The fourth-order valence-electron chi connectivity index (χ4n) is 2.75. The Balaban J connectivity index is 1.78. The van der Waals surface area contributed by atoms with E-state index in [2.05, 4.69) is 26.0 Å². The molecule has 3 rings (SSSR count). The Bertz CT molecular complexity index is 1010. The third-order valence-electron chi connectivity index (χ3n) is 4.32. The van der Waals surface area contributed by atoms with Crippen molar-refractivity contribution in [3.8, 4) is 5.75 Å². The maximum atomic E-state index is 12.7. The number of nitrogens with one attached hydrogen (secondary N) is 1. The van der Waals surface area contributed by atoms with Gasteiger partial charge in [-0.05, 0) is 52.2 Å². The Kier molecular flexibility index (Phi) is 6.79. The summed E-state index contributed by atoms with van der Waals surface area (Å²) in [5.41, 5.74) is 2.65. The average Bonchev–Trinajstić information content (AvgIpc) is 2.96. The molecule has 0 saturated carbocycles. The summed E-state index contributed by atoms with van der Waals surface area (Å²) in [6, 6.07) is 10.3. The summed E-state index contributed by atoms with van der Waals surface area (Å²) in [7, 11) is 1.26. The minimum Gasteiger partial charge on any atom is -0.479 e. The molecule has 3 amide bonds. The van der Waals surface area contributed by atoms with E-state index in [4.69, 9.17) is 16.3 Å². The highest BCUT2D eigenvalue weighted by Gasteiger charge is 2.33. The number of carbonyl (C=O) groups excluding carboxylic acids is 3. The predicted molar refractivity (Wildman–Crippen MR) is 115 cm³/mol. The van der Waals surface area contributed by atoms with Gasteiger partial charge < -0.3 is 14.8 Å². The third-order valence-corrected chi connectivity index (χ3v) is 5.19. The highest BCUT2D eigenvalue weighted by Crippen LogP contribution is 2.35. The second-order valence-corrected chi connectivity index (χ2v) is 7.81. The number of rotatable bonds is 6. The first-order chi connectivity index (χ1) is 14.3. The molecule has 0 aliphatic carbocycles. The van der Waals surface area contributed by atoms with Gasteiger partial charge in [0, 0.05) is 0 Å². The maximum Gasteiger partial charge on any atom is 0.343 e. The highest BCUT2D eigenvalue weighted by atomic mass is 79.9. The Morgan fingerprint density at radius 2 is 1.93 bits per heavy atom. The molecule has 2 aromatic carbocycles. The van der Waals surface area contributed by atoms with E-state index in [9.17, 15) is 14.4 Å². The van der Waals surface area contributed by atoms with Gasteiger partial charge in [0.25, 0.3) is 5.91 Å². The molecule has 2 aromatic rings. The smallest absolute Gasteiger partial charge is 0.343 e. The van der Waals surface area contributed by atoms with Crippen LogP contribution in [0.1, 0.15) is 16.7 Å². The van der Waals surface area contributed by atoms with Crippen molar-refractivity contribution in [2.45, 2.75) is 13.5 Å². The summed E-state index contributed by atoms with van der Waals surface area (Å²) in [5.74, 6) is -0.706. The number of carbonyl (C=O) groups is 3. The van der Waals surface area contributed by atoms with Crippen molar-refractivity contribution in [3.63, 3.8) is 0 Å². The number of hydrogen-bond donors (Lipinski definition) is 1. The number of imide groups is 1. The molecule has 0 bridgehead atoms. The molecule has 1 N–H and O–H groups in total. The zero-order chi connectivity index (χ0) is 21.8. The quantitative estimate of drug-likeness (QED) is 0.373. The van der Waals surface area contributed by atoms with E-state index in [1.807, 2.05) is 31.2 Å². The summed E-state index contributed by atoms with van der Waals surface area (Å²) in [6.07, 6.45) is 1.52. The van der Waals surface area contributed by atoms with E-state index in [0.29, 0.717) is 10.0 Å². The largest absolute Gasteiger partial charge is 0.479 e. The van der Waals surface area contributed by atoms with Gasteiger partial charge in [-0.25, -0.2) is 9.59 Å².